The summed E-state index contributed by atoms with van der Waals surface area (Å²) in [6.07, 6.45) is 2.22. The second kappa shape index (κ2) is 4.49. The lowest BCUT2D eigenvalue weighted by atomic mass is 10.0. The molecule has 0 spiro atoms. The van der Waals surface area contributed by atoms with Gasteiger partial charge in [-0.3, -0.25) is 0 Å². The van der Waals surface area contributed by atoms with E-state index in [4.69, 9.17) is 17.3 Å². The molecule has 1 aromatic carbocycles. The SMILES string of the molecule is NC1=NC(=O)N(CC2CC2)C1c1cc(F)cc(Cl)c1. The molecule has 0 aromatic heterocycles. The number of rotatable bonds is 3. The van der Waals surface area contributed by atoms with E-state index in [1.165, 1.54) is 12.1 Å². The number of carbonyl (C=O) groups excluding carboxylic acids is 1. The first-order valence-electron chi connectivity index (χ1n) is 6.15. The first-order chi connectivity index (χ1) is 9.04. The van der Waals surface area contributed by atoms with Crippen molar-refractivity contribution in [1.29, 1.82) is 0 Å². The van der Waals surface area contributed by atoms with Crippen LogP contribution in [0, 0.1) is 11.7 Å². The predicted molar refractivity (Wildman–Crippen MR) is 70.6 cm³/mol. The number of amidine groups is 1. The van der Waals surface area contributed by atoms with Crippen molar-refractivity contribution in [2.45, 2.75) is 18.9 Å². The van der Waals surface area contributed by atoms with Crippen LogP contribution in [0.15, 0.2) is 23.2 Å². The number of benzene rings is 1. The minimum absolute atomic E-state index is 0.201. The van der Waals surface area contributed by atoms with Crippen LogP contribution in [0.25, 0.3) is 0 Å². The molecule has 6 heteroatoms. The van der Waals surface area contributed by atoms with Crippen molar-refractivity contribution >= 4 is 23.5 Å². The zero-order valence-corrected chi connectivity index (χ0v) is 10.9. The summed E-state index contributed by atoms with van der Waals surface area (Å²) in [7, 11) is 0. The zero-order valence-electron chi connectivity index (χ0n) is 10.1. The minimum Gasteiger partial charge on any atom is -0.385 e. The molecule has 1 unspecified atom stereocenters. The maximum absolute atomic E-state index is 13.4. The topological polar surface area (TPSA) is 58.7 Å². The first kappa shape index (κ1) is 12.4. The van der Waals surface area contributed by atoms with Gasteiger partial charge in [-0.05, 0) is 42.5 Å². The Bertz CT molecular complexity index is 551. The third-order valence-corrected chi connectivity index (χ3v) is 3.63. The summed E-state index contributed by atoms with van der Waals surface area (Å²) >= 11 is 5.85. The van der Waals surface area contributed by atoms with Gasteiger partial charge in [0.2, 0.25) is 0 Å². The molecule has 3 rings (SSSR count). The van der Waals surface area contributed by atoms with E-state index < -0.39 is 11.9 Å². The second-order valence-corrected chi connectivity index (χ2v) is 5.46. The Morgan fingerprint density at radius 1 is 1.42 bits per heavy atom. The first-order valence-corrected chi connectivity index (χ1v) is 6.53. The molecule has 1 fully saturated rings. The van der Waals surface area contributed by atoms with E-state index in [1.54, 1.807) is 11.0 Å². The van der Waals surface area contributed by atoms with Crippen LogP contribution in [0.4, 0.5) is 9.18 Å². The summed E-state index contributed by atoms with van der Waals surface area (Å²) in [4.78, 5) is 17.2. The van der Waals surface area contributed by atoms with Crippen molar-refractivity contribution in [1.82, 2.24) is 4.90 Å². The van der Waals surface area contributed by atoms with E-state index in [9.17, 15) is 9.18 Å². The molecule has 1 saturated carbocycles. The minimum atomic E-state index is -0.499. The van der Waals surface area contributed by atoms with E-state index in [-0.39, 0.29) is 16.9 Å². The summed E-state index contributed by atoms with van der Waals surface area (Å²) < 4.78 is 13.4. The van der Waals surface area contributed by atoms with Gasteiger partial charge in [0.25, 0.3) is 0 Å². The Morgan fingerprint density at radius 2 is 2.16 bits per heavy atom. The molecule has 19 heavy (non-hydrogen) atoms. The number of amides is 2. The lowest BCUT2D eigenvalue weighted by Crippen LogP contribution is -2.34. The Balaban J connectivity index is 1.94. The highest BCUT2D eigenvalue weighted by Gasteiger charge is 2.38. The predicted octanol–water partition coefficient (Wildman–Crippen LogP) is 2.72. The van der Waals surface area contributed by atoms with E-state index in [1.807, 2.05) is 0 Å². The quantitative estimate of drug-likeness (QED) is 0.926. The molecule has 0 bridgehead atoms. The molecule has 2 aliphatic rings. The molecule has 4 nitrogen and oxygen atoms in total. The van der Waals surface area contributed by atoms with Crippen LogP contribution in [-0.2, 0) is 0 Å². The van der Waals surface area contributed by atoms with Crippen LogP contribution >= 0.6 is 11.6 Å². The van der Waals surface area contributed by atoms with E-state index in [0.29, 0.717) is 18.0 Å². The van der Waals surface area contributed by atoms with Crippen LogP contribution in [-0.4, -0.2) is 23.3 Å². The summed E-state index contributed by atoms with van der Waals surface area (Å²) in [5, 5.41) is 0.286. The van der Waals surface area contributed by atoms with Gasteiger partial charge >= 0.3 is 6.03 Å². The van der Waals surface area contributed by atoms with Gasteiger partial charge in [0.15, 0.2) is 0 Å². The monoisotopic (exact) mass is 281 g/mol. The van der Waals surface area contributed by atoms with Crippen LogP contribution in [0.1, 0.15) is 24.4 Å². The van der Waals surface area contributed by atoms with Crippen LogP contribution < -0.4 is 5.73 Å². The lowest BCUT2D eigenvalue weighted by Gasteiger charge is -2.24. The van der Waals surface area contributed by atoms with E-state index in [0.717, 1.165) is 12.8 Å². The Labute approximate surface area is 115 Å². The number of nitrogens with zero attached hydrogens (tertiary/aromatic N) is 2. The van der Waals surface area contributed by atoms with Crippen LogP contribution in [0.5, 0.6) is 0 Å². The molecule has 1 aliphatic carbocycles. The maximum Gasteiger partial charge on any atom is 0.346 e. The highest BCUT2D eigenvalue weighted by Crippen LogP contribution is 2.36. The van der Waals surface area contributed by atoms with Gasteiger partial charge in [0, 0.05) is 11.6 Å². The molecule has 1 heterocycles. The molecular formula is C13H13ClFN3O. The molecule has 0 saturated heterocycles. The van der Waals surface area contributed by atoms with E-state index in [2.05, 4.69) is 4.99 Å². The Hall–Kier alpha value is -1.62. The van der Waals surface area contributed by atoms with Crippen molar-refractivity contribution in [2.75, 3.05) is 6.54 Å². The highest BCUT2D eigenvalue weighted by molar-refractivity contribution is 6.30. The fraction of sp³-hybridized carbons (Fsp3) is 0.385. The van der Waals surface area contributed by atoms with Crippen molar-refractivity contribution in [3.63, 3.8) is 0 Å². The van der Waals surface area contributed by atoms with Gasteiger partial charge in [-0.2, -0.15) is 4.99 Å². The van der Waals surface area contributed by atoms with Gasteiger partial charge in [-0.1, -0.05) is 11.6 Å². The summed E-state index contributed by atoms with van der Waals surface area (Å²) in [5.74, 6) is 0.268. The summed E-state index contributed by atoms with van der Waals surface area (Å²) in [5.41, 5.74) is 6.38. The Morgan fingerprint density at radius 3 is 2.79 bits per heavy atom. The van der Waals surface area contributed by atoms with Gasteiger partial charge in [0.1, 0.15) is 17.7 Å². The van der Waals surface area contributed by atoms with Gasteiger partial charge < -0.3 is 10.6 Å². The average Bonchev–Trinajstić information content (AvgIpc) is 3.05. The molecular weight excluding hydrogens is 269 g/mol. The number of hydrogen-bond acceptors (Lipinski definition) is 2. The largest absolute Gasteiger partial charge is 0.385 e. The number of nitrogens with two attached hydrogens (primary N) is 1. The van der Waals surface area contributed by atoms with Crippen molar-refractivity contribution in [2.24, 2.45) is 16.6 Å². The normalized spacial score (nSPS) is 22.8. The molecule has 1 aromatic rings. The Kier molecular flexibility index (Phi) is 2.93. The molecule has 2 N–H and O–H groups in total. The second-order valence-electron chi connectivity index (χ2n) is 5.02. The molecule has 100 valence electrons. The molecule has 0 radical (unpaired) electrons. The number of carbonyl (C=O) groups is 1. The summed E-state index contributed by atoms with van der Waals surface area (Å²) in [6, 6.07) is 3.34. The van der Waals surface area contributed by atoms with Crippen molar-refractivity contribution in [3.05, 3.63) is 34.6 Å². The zero-order chi connectivity index (χ0) is 13.6. The molecule has 2 amide bonds. The number of hydrogen-bond donors (Lipinski definition) is 1. The fourth-order valence-electron chi connectivity index (χ4n) is 2.35. The number of halogens is 2. The van der Waals surface area contributed by atoms with Crippen LogP contribution in [0.2, 0.25) is 5.02 Å². The lowest BCUT2D eigenvalue weighted by molar-refractivity contribution is 0.203. The third kappa shape index (κ3) is 2.42. The van der Waals surface area contributed by atoms with Crippen molar-refractivity contribution < 1.29 is 9.18 Å². The number of urea groups is 1. The maximum atomic E-state index is 13.4. The number of aliphatic imine (C=N–C) groups is 1. The van der Waals surface area contributed by atoms with Crippen LogP contribution in [0.3, 0.4) is 0 Å². The van der Waals surface area contributed by atoms with Gasteiger partial charge in [-0.15, -0.1) is 0 Å². The smallest absolute Gasteiger partial charge is 0.346 e. The van der Waals surface area contributed by atoms with Crippen molar-refractivity contribution in [3.8, 4) is 0 Å². The van der Waals surface area contributed by atoms with Gasteiger partial charge in [-0.25, -0.2) is 9.18 Å². The van der Waals surface area contributed by atoms with Gasteiger partial charge in [0.05, 0.1) is 0 Å². The standard InChI is InChI=1S/C13H13ClFN3O/c14-9-3-8(4-10(15)5-9)11-12(16)17-13(19)18(11)6-7-1-2-7/h3-5,7,11H,1-2,6H2,(H2,16,17,19). The fourth-order valence-corrected chi connectivity index (χ4v) is 2.58. The molecule has 1 atom stereocenters. The summed E-state index contributed by atoms with van der Waals surface area (Å²) in [6.45, 7) is 0.613. The average molecular weight is 282 g/mol. The van der Waals surface area contributed by atoms with E-state index >= 15 is 0 Å². The highest BCUT2D eigenvalue weighted by atomic mass is 35.5. The molecule has 1 aliphatic heterocycles. The third-order valence-electron chi connectivity index (χ3n) is 3.41.